The van der Waals surface area contributed by atoms with Gasteiger partial charge in [-0.05, 0) is 45.0 Å². The second-order valence-electron chi connectivity index (χ2n) is 3.92. The molecule has 1 rings (SSSR count). The molecule has 0 aromatic heterocycles. The van der Waals surface area contributed by atoms with Gasteiger partial charge in [-0.1, -0.05) is 0 Å². The van der Waals surface area contributed by atoms with E-state index in [0.29, 0.717) is 6.04 Å². The lowest BCUT2D eigenvalue weighted by Crippen LogP contribution is -2.30. The minimum Gasteiger partial charge on any atom is -0.406 e. The first kappa shape index (κ1) is 13.7. The van der Waals surface area contributed by atoms with Crippen LogP contribution in [0.15, 0.2) is 24.3 Å². The Kier molecular flexibility index (Phi) is 4.26. The highest BCUT2D eigenvalue weighted by molar-refractivity contribution is 5.49. The highest BCUT2D eigenvalue weighted by Gasteiger charge is 2.31. The lowest BCUT2D eigenvalue weighted by atomic mass is 10.2. The van der Waals surface area contributed by atoms with Crippen LogP contribution in [-0.4, -0.2) is 18.9 Å². The topological polar surface area (TPSA) is 12.5 Å². The number of alkyl halides is 3. The van der Waals surface area contributed by atoms with E-state index in [0.717, 1.165) is 12.2 Å². The van der Waals surface area contributed by atoms with Crippen LogP contribution < -0.4 is 9.64 Å². The van der Waals surface area contributed by atoms with Crippen LogP contribution in [0.4, 0.5) is 18.9 Å². The maximum atomic E-state index is 12.0. The van der Waals surface area contributed by atoms with Crippen LogP contribution in [0.2, 0.25) is 0 Å². The summed E-state index contributed by atoms with van der Waals surface area (Å²) in [5.41, 5.74) is 0.886. The summed E-state index contributed by atoms with van der Waals surface area (Å²) in [5, 5.41) is 0. The summed E-state index contributed by atoms with van der Waals surface area (Å²) < 4.78 is 39.7. The third kappa shape index (κ3) is 4.17. The molecule has 0 saturated heterocycles. The normalized spacial score (nSPS) is 11.7. The van der Waals surface area contributed by atoms with E-state index in [1.54, 1.807) is 12.1 Å². The predicted octanol–water partition coefficient (Wildman–Crippen LogP) is 3.82. The first-order valence-electron chi connectivity index (χ1n) is 5.46. The average molecular weight is 247 g/mol. The Morgan fingerprint density at radius 1 is 1.18 bits per heavy atom. The average Bonchev–Trinajstić information content (AvgIpc) is 2.18. The number of rotatable bonds is 4. The molecule has 0 aliphatic rings. The Balaban J connectivity index is 2.80. The monoisotopic (exact) mass is 247 g/mol. The number of nitrogens with zero attached hydrogens (tertiary/aromatic N) is 1. The predicted molar refractivity (Wildman–Crippen MR) is 61.3 cm³/mol. The van der Waals surface area contributed by atoms with E-state index in [9.17, 15) is 13.2 Å². The number of halogens is 3. The molecule has 0 saturated carbocycles. The van der Waals surface area contributed by atoms with Gasteiger partial charge >= 0.3 is 6.36 Å². The van der Waals surface area contributed by atoms with Gasteiger partial charge in [0.2, 0.25) is 0 Å². The van der Waals surface area contributed by atoms with E-state index >= 15 is 0 Å². The summed E-state index contributed by atoms with van der Waals surface area (Å²) >= 11 is 0. The van der Waals surface area contributed by atoms with Crippen molar-refractivity contribution in [3.05, 3.63) is 24.3 Å². The largest absolute Gasteiger partial charge is 0.573 e. The maximum absolute atomic E-state index is 12.0. The molecule has 0 fully saturated rings. The first-order chi connectivity index (χ1) is 7.83. The summed E-state index contributed by atoms with van der Waals surface area (Å²) in [6.45, 7) is 6.87. The van der Waals surface area contributed by atoms with Gasteiger partial charge in [0.05, 0.1) is 0 Å². The molecule has 96 valence electrons. The zero-order valence-electron chi connectivity index (χ0n) is 10.1. The van der Waals surface area contributed by atoms with E-state index in [-0.39, 0.29) is 5.75 Å². The van der Waals surface area contributed by atoms with Gasteiger partial charge in [-0.25, -0.2) is 0 Å². The molecule has 1 aromatic carbocycles. The van der Waals surface area contributed by atoms with Crippen LogP contribution in [0.3, 0.4) is 0 Å². The van der Waals surface area contributed by atoms with Gasteiger partial charge in [0, 0.05) is 18.3 Å². The fourth-order valence-corrected chi connectivity index (χ4v) is 1.69. The molecule has 1 aromatic rings. The molecule has 17 heavy (non-hydrogen) atoms. The molecule has 0 aliphatic heterocycles. The number of anilines is 1. The minimum atomic E-state index is -4.63. The zero-order chi connectivity index (χ0) is 13.1. The van der Waals surface area contributed by atoms with Gasteiger partial charge in [0.15, 0.2) is 0 Å². The standard InChI is InChI=1S/C12H16F3NO/c1-4-16(9(2)3)10-5-7-11(8-6-10)17-12(13,14)15/h5-9H,4H2,1-3H3. The number of benzene rings is 1. The molecule has 0 heterocycles. The van der Waals surface area contributed by atoms with Crippen LogP contribution in [-0.2, 0) is 0 Å². The summed E-state index contributed by atoms with van der Waals surface area (Å²) in [6.07, 6.45) is -4.63. The molecule has 0 unspecified atom stereocenters. The Labute approximate surface area is 99.0 Å². The Morgan fingerprint density at radius 2 is 1.71 bits per heavy atom. The van der Waals surface area contributed by atoms with Crippen molar-refractivity contribution in [2.24, 2.45) is 0 Å². The number of ether oxygens (including phenoxy) is 1. The smallest absolute Gasteiger partial charge is 0.406 e. The van der Waals surface area contributed by atoms with Gasteiger partial charge in [0.1, 0.15) is 5.75 Å². The molecular weight excluding hydrogens is 231 g/mol. The molecule has 5 heteroatoms. The molecule has 0 N–H and O–H groups in total. The van der Waals surface area contributed by atoms with Gasteiger partial charge < -0.3 is 9.64 Å². The molecule has 0 radical (unpaired) electrons. The molecule has 0 aliphatic carbocycles. The van der Waals surface area contributed by atoms with E-state index in [4.69, 9.17) is 0 Å². The van der Waals surface area contributed by atoms with E-state index in [2.05, 4.69) is 9.64 Å². The van der Waals surface area contributed by atoms with Crippen molar-refractivity contribution in [1.29, 1.82) is 0 Å². The van der Waals surface area contributed by atoms with Crippen LogP contribution in [0, 0.1) is 0 Å². The summed E-state index contributed by atoms with van der Waals surface area (Å²) in [5.74, 6) is -0.193. The van der Waals surface area contributed by atoms with Gasteiger partial charge in [0.25, 0.3) is 0 Å². The third-order valence-corrected chi connectivity index (χ3v) is 2.37. The molecule has 0 bridgehead atoms. The lowest BCUT2D eigenvalue weighted by molar-refractivity contribution is -0.274. The van der Waals surface area contributed by atoms with Crippen molar-refractivity contribution in [3.8, 4) is 5.75 Å². The van der Waals surface area contributed by atoms with Crippen LogP contribution >= 0.6 is 0 Å². The SMILES string of the molecule is CCN(c1ccc(OC(F)(F)F)cc1)C(C)C. The highest BCUT2D eigenvalue weighted by atomic mass is 19.4. The van der Waals surface area contributed by atoms with Crippen molar-refractivity contribution < 1.29 is 17.9 Å². The summed E-state index contributed by atoms with van der Waals surface area (Å²) in [7, 11) is 0. The molecular formula is C12H16F3NO. The fraction of sp³-hybridized carbons (Fsp3) is 0.500. The molecule has 0 spiro atoms. The van der Waals surface area contributed by atoms with E-state index in [1.807, 2.05) is 20.8 Å². The quantitative estimate of drug-likeness (QED) is 0.802. The number of hydrogen-bond donors (Lipinski definition) is 0. The number of hydrogen-bond acceptors (Lipinski definition) is 2. The Hall–Kier alpha value is -1.39. The summed E-state index contributed by atoms with van der Waals surface area (Å²) in [6, 6.07) is 6.21. The van der Waals surface area contributed by atoms with Crippen molar-refractivity contribution >= 4 is 5.69 Å². The van der Waals surface area contributed by atoms with Crippen molar-refractivity contribution in [3.63, 3.8) is 0 Å². The molecule has 0 amide bonds. The van der Waals surface area contributed by atoms with Crippen LogP contribution in [0.1, 0.15) is 20.8 Å². The molecule has 2 nitrogen and oxygen atoms in total. The first-order valence-corrected chi connectivity index (χ1v) is 5.46. The van der Waals surface area contributed by atoms with Crippen molar-refractivity contribution in [2.45, 2.75) is 33.2 Å². The second kappa shape index (κ2) is 5.29. The van der Waals surface area contributed by atoms with Gasteiger partial charge in [-0.3, -0.25) is 0 Å². The van der Waals surface area contributed by atoms with E-state index < -0.39 is 6.36 Å². The van der Waals surface area contributed by atoms with Crippen LogP contribution in [0.5, 0.6) is 5.75 Å². The third-order valence-electron chi connectivity index (χ3n) is 2.37. The lowest BCUT2D eigenvalue weighted by Gasteiger charge is -2.27. The van der Waals surface area contributed by atoms with E-state index in [1.165, 1.54) is 12.1 Å². The Morgan fingerprint density at radius 3 is 2.06 bits per heavy atom. The van der Waals surface area contributed by atoms with Crippen molar-refractivity contribution in [2.75, 3.05) is 11.4 Å². The van der Waals surface area contributed by atoms with Gasteiger partial charge in [-0.2, -0.15) is 0 Å². The molecule has 0 atom stereocenters. The van der Waals surface area contributed by atoms with Crippen molar-refractivity contribution in [1.82, 2.24) is 0 Å². The van der Waals surface area contributed by atoms with Gasteiger partial charge in [-0.15, -0.1) is 13.2 Å². The van der Waals surface area contributed by atoms with Crippen LogP contribution in [0.25, 0.3) is 0 Å². The fourth-order valence-electron chi connectivity index (χ4n) is 1.69. The Bertz CT molecular complexity index is 346. The highest BCUT2D eigenvalue weighted by Crippen LogP contribution is 2.25. The maximum Gasteiger partial charge on any atom is 0.573 e. The minimum absolute atomic E-state index is 0.193. The zero-order valence-corrected chi connectivity index (χ0v) is 10.1. The second-order valence-corrected chi connectivity index (χ2v) is 3.92. The summed E-state index contributed by atoms with van der Waals surface area (Å²) in [4.78, 5) is 2.08.